The second kappa shape index (κ2) is 10.3. The molecule has 5 N–H and O–H groups in total. The van der Waals surface area contributed by atoms with Crippen molar-refractivity contribution in [2.45, 2.75) is 37.8 Å². The number of nitrogens with one attached hydrogen (secondary N) is 4. The van der Waals surface area contributed by atoms with E-state index in [1.165, 1.54) is 29.2 Å². The van der Waals surface area contributed by atoms with E-state index in [1.54, 1.807) is 18.2 Å². The Kier molecular flexibility index (Phi) is 6.52. The minimum absolute atomic E-state index is 0.0418. The number of benzene rings is 3. The highest BCUT2D eigenvalue weighted by Gasteiger charge is 2.23. The number of aryl methyl sites for hydroxylation is 1. The smallest absolute Gasteiger partial charge is 0.268 e. The Morgan fingerprint density at radius 2 is 1.95 bits per heavy atom. The third kappa shape index (κ3) is 4.73. The Hall–Kier alpha value is -4.23. The summed E-state index contributed by atoms with van der Waals surface area (Å²) in [6, 6.07) is 22.1. The lowest BCUT2D eigenvalue weighted by atomic mass is 9.87. The summed E-state index contributed by atoms with van der Waals surface area (Å²) in [7, 11) is 1.50. The number of ether oxygens (including phenoxy) is 1. The molecule has 2 atom stereocenters. The topological polar surface area (TPSA) is 102 Å². The van der Waals surface area contributed by atoms with Gasteiger partial charge in [0, 0.05) is 52.7 Å². The predicted octanol–water partition coefficient (Wildman–Crippen LogP) is 5.37. The van der Waals surface area contributed by atoms with Crippen molar-refractivity contribution < 1.29 is 14.6 Å². The van der Waals surface area contributed by atoms with Crippen molar-refractivity contribution in [1.29, 1.82) is 0 Å². The van der Waals surface area contributed by atoms with Gasteiger partial charge in [-0.15, -0.1) is 0 Å². The first-order valence-electron chi connectivity index (χ1n) is 13.2. The summed E-state index contributed by atoms with van der Waals surface area (Å²) in [6.07, 6.45) is 6.08. The first-order chi connectivity index (χ1) is 18.6. The second-order valence-corrected chi connectivity index (χ2v) is 10.1. The first kappa shape index (κ1) is 24.1. The maximum absolute atomic E-state index is 13.4. The highest BCUT2D eigenvalue weighted by Crippen LogP contribution is 2.32. The van der Waals surface area contributed by atoms with Crippen molar-refractivity contribution in [3.8, 4) is 11.5 Å². The quantitative estimate of drug-likeness (QED) is 0.194. The molecule has 6 rings (SSSR count). The van der Waals surface area contributed by atoms with Gasteiger partial charge in [0.15, 0.2) is 11.5 Å². The van der Waals surface area contributed by atoms with E-state index in [9.17, 15) is 9.90 Å². The summed E-state index contributed by atoms with van der Waals surface area (Å²) in [5.41, 5.74) is 6.20. The number of fused-ring (bicyclic) bond motifs is 3. The number of aromatic amines is 2. The Morgan fingerprint density at radius 3 is 2.84 bits per heavy atom. The Bertz CT molecular complexity index is 1600. The van der Waals surface area contributed by atoms with E-state index in [1.807, 2.05) is 18.3 Å². The fourth-order valence-corrected chi connectivity index (χ4v) is 5.69. The highest BCUT2D eigenvalue weighted by atomic mass is 16.5. The molecule has 0 saturated heterocycles. The zero-order valence-electron chi connectivity index (χ0n) is 21.4. The van der Waals surface area contributed by atoms with Crippen LogP contribution < -0.4 is 15.4 Å². The van der Waals surface area contributed by atoms with Crippen LogP contribution in [0, 0.1) is 0 Å². The number of aromatic hydroxyl groups is 1. The molecule has 2 unspecified atom stereocenters. The summed E-state index contributed by atoms with van der Waals surface area (Å²) in [5, 5.41) is 19.1. The molecule has 5 aromatic rings. The van der Waals surface area contributed by atoms with Crippen molar-refractivity contribution in [3.05, 3.63) is 95.3 Å². The van der Waals surface area contributed by atoms with Crippen LogP contribution in [0.25, 0.3) is 21.8 Å². The van der Waals surface area contributed by atoms with E-state index in [2.05, 4.69) is 57.0 Å². The first-order valence-corrected chi connectivity index (χ1v) is 13.2. The third-order valence-electron chi connectivity index (χ3n) is 7.62. The number of carbonyl (C=O) groups excluding carboxylic acids is 1. The van der Waals surface area contributed by atoms with Gasteiger partial charge < -0.3 is 30.4 Å². The molecule has 0 bridgehead atoms. The van der Waals surface area contributed by atoms with Gasteiger partial charge in [-0.2, -0.15) is 0 Å². The molecule has 1 amide bonds. The number of rotatable bonds is 8. The number of methoxy groups -OCH3 is 1. The van der Waals surface area contributed by atoms with Crippen LogP contribution in [-0.4, -0.2) is 40.7 Å². The molecule has 1 aliphatic carbocycles. The Balaban J connectivity index is 1.25. The molecule has 0 radical (unpaired) electrons. The molecule has 7 heteroatoms. The van der Waals surface area contributed by atoms with Crippen LogP contribution in [0.15, 0.2) is 72.9 Å². The van der Waals surface area contributed by atoms with Crippen LogP contribution in [0.3, 0.4) is 0 Å². The van der Waals surface area contributed by atoms with Crippen LogP contribution in [0.5, 0.6) is 11.5 Å². The molecule has 0 fully saturated rings. The molecule has 0 aliphatic heterocycles. The number of carbonyl (C=O) groups is 1. The Morgan fingerprint density at radius 1 is 1.11 bits per heavy atom. The summed E-state index contributed by atoms with van der Waals surface area (Å²) >= 11 is 0. The van der Waals surface area contributed by atoms with Crippen molar-refractivity contribution in [3.63, 3.8) is 0 Å². The van der Waals surface area contributed by atoms with Gasteiger partial charge in [0.05, 0.1) is 7.11 Å². The number of phenols is 1. The number of aromatic nitrogens is 2. The molecule has 0 spiro atoms. The summed E-state index contributed by atoms with van der Waals surface area (Å²) in [4.78, 5) is 20.0. The number of phenolic OH excluding ortho intramolecular Hbond substituents is 1. The van der Waals surface area contributed by atoms with Gasteiger partial charge in [-0.1, -0.05) is 42.5 Å². The third-order valence-corrected chi connectivity index (χ3v) is 7.62. The van der Waals surface area contributed by atoms with Crippen LogP contribution in [0.4, 0.5) is 0 Å². The van der Waals surface area contributed by atoms with E-state index in [4.69, 9.17) is 4.74 Å². The minimum Gasteiger partial charge on any atom is -0.504 e. The predicted molar refractivity (Wildman–Crippen MR) is 150 cm³/mol. The normalized spacial score (nSPS) is 15.9. The van der Waals surface area contributed by atoms with Crippen LogP contribution in [0.2, 0.25) is 0 Å². The van der Waals surface area contributed by atoms with Gasteiger partial charge in [0.2, 0.25) is 0 Å². The van der Waals surface area contributed by atoms with Crippen LogP contribution in [-0.2, 0) is 12.8 Å². The van der Waals surface area contributed by atoms with Gasteiger partial charge in [-0.05, 0) is 60.6 Å². The van der Waals surface area contributed by atoms with Crippen molar-refractivity contribution in [2.24, 2.45) is 0 Å². The molecule has 194 valence electrons. The van der Waals surface area contributed by atoms with Crippen molar-refractivity contribution in [2.75, 3.05) is 13.7 Å². The standard InChI is InChI=1S/C31H32N4O3/c1-38-30-16-27-20(15-29(30)36)14-28(35-27)31(37)34-22(13-21-17-32-25-11-5-4-10-24(21)25)18-33-26-12-6-8-19-7-2-3-9-23(19)26/h2-5,7,9-11,14-17,22,26,32-33,35-36H,6,8,12-13,18H2,1H3,(H,34,37). The number of hydrogen-bond donors (Lipinski definition) is 5. The van der Waals surface area contributed by atoms with E-state index in [0.717, 1.165) is 35.7 Å². The average molecular weight is 509 g/mol. The van der Waals surface area contributed by atoms with Crippen LogP contribution >= 0.6 is 0 Å². The zero-order chi connectivity index (χ0) is 26.1. The summed E-state index contributed by atoms with van der Waals surface area (Å²) in [5.74, 6) is 0.218. The van der Waals surface area contributed by atoms with Gasteiger partial charge in [-0.3, -0.25) is 4.79 Å². The molecule has 3 aromatic carbocycles. The van der Waals surface area contributed by atoms with E-state index in [-0.39, 0.29) is 23.7 Å². The van der Waals surface area contributed by atoms with Gasteiger partial charge in [0.1, 0.15) is 5.69 Å². The number of amides is 1. The van der Waals surface area contributed by atoms with Gasteiger partial charge in [-0.25, -0.2) is 0 Å². The molecule has 2 aromatic heterocycles. The molecule has 2 heterocycles. The lowest BCUT2D eigenvalue weighted by Gasteiger charge is -2.29. The van der Waals surface area contributed by atoms with E-state index in [0.29, 0.717) is 24.4 Å². The maximum atomic E-state index is 13.4. The molecule has 38 heavy (non-hydrogen) atoms. The molecular weight excluding hydrogens is 476 g/mol. The summed E-state index contributed by atoms with van der Waals surface area (Å²) < 4.78 is 5.21. The van der Waals surface area contributed by atoms with Crippen molar-refractivity contribution in [1.82, 2.24) is 20.6 Å². The lowest BCUT2D eigenvalue weighted by Crippen LogP contribution is -2.44. The number of H-pyrrole nitrogens is 2. The fourth-order valence-electron chi connectivity index (χ4n) is 5.69. The molecular formula is C31H32N4O3. The van der Waals surface area contributed by atoms with Gasteiger partial charge >= 0.3 is 0 Å². The number of hydrogen-bond acceptors (Lipinski definition) is 4. The van der Waals surface area contributed by atoms with E-state index >= 15 is 0 Å². The lowest BCUT2D eigenvalue weighted by molar-refractivity contribution is 0.0931. The Labute approximate surface area is 221 Å². The summed E-state index contributed by atoms with van der Waals surface area (Å²) in [6.45, 7) is 0.638. The maximum Gasteiger partial charge on any atom is 0.268 e. The number of para-hydroxylation sites is 1. The van der Waals surface area contributed by atoms with Crippen molar-refractivity contribution >= 4 is 27.7 Å². The van der Waals surface area contributed by atoms with Crippen LogP contribution in [0.1, 0.15) is 46.1 Å². The zero-order valence-corrected chi connectivity index (χ0v) is 21.4. The van der Waals surface area contributed by atoms with E-state index < -0.39 is 0 Å². The average Bonchev–Trinajstić information content (AvgIpc) is 3.55. The highest BCUT2D eigenvalue weighted by molar-refractivity contribution is 5.99. The largest absolute Gasteiger partial charge is 0.504 e. The fraction of sp³-hybridized carbons (Fsp3) is 0.258. The second-order valence-electron chi connectivity index (χ2n) is 10.1. The molecule has 0 saturated carbocycles. The molecule has 7 nitrogen and oxygen atoms in total. The molecule has 1 aliphatic rings. The monoisotopic (exact) mass is 508 g/mol. The van der Waals surface area contributed by atoms with Gasteiger partial charge in [0.25, 0.3) is 5.91 Å². The SMILES string of the molecule is COc1cc2[nH]c(C(=O)NC(CNC3CCCc4ccccc43)Cc3c[nH]c4ccccc34)cc2cc1O. The minimum atomic E-state index is -0.185.